The van der Waals surface area contributed by atoms with Crippen LogP contribution in [0, 0.1) is 12.7 Å². The fraction of sp³-hybridized carbons (Fsp3) is 0.182. The summed E-state index contributed by atoms with van der Waals surface area (Å²) < 4.78 is 16.4. The van der Waals surface area contributed by atoms with Crippen molar-refractivity contribution in [2.75, 3.05) is 0 Å². The summed E-state index contributed by atoms with van der Waals surface area (Å²) in [5, 5.41) is 4.39. The van der Waals surface area contributed by atoms with E-state index >= 15 is 0 Å². The van der Waals surface area contributed by atoms with Crippen LogP contribution in [-0.4, -0.2) is 9.78 Å². The van der Waals surface area contributed by atoms with E-state index in [0.29, 0.717) is 4.47 Å². The number of benzene rings is 1. The van der Waals surface area contributed by atoms with Crippen molar-refractivity contribution in [2.24, 2.45) is 7.05 Å². The molecule has 0 N–H and O–H groups in total. The molecule has 0 aliphatic rings. The van der Waals surface area contributed by atoms with E-state index in [1.54, 1.807) is 10.7 Å². The number of aryl methyl sites for hydroxylation is 1. The smallest absolute Gasteiger partial charge is 0.124 e. The Kier molecular flexibility index (Phi) is 3.17. The molecule has 1 aromatic heterocycles. The molecule has 0 atom stereocenters. The van der Waals surface area contributed by atoms with Gasteiger partial charge < -0.3 is 0 Å². The van der Waals surface area contributed by atoms with Crippen LogP contribution in [-0.2, 0) is 7.05 Å². The van der Waals surface area contributed by atoms with E-state index in [0.717, 1.165) is 21.4 Å². The van der Waals surface area contributed by atoms with Gasteiger partial charge in [-0.25, -0.2) is 4.39 Å². The van der Waals surface area contributed by atoms with Crippen LogP contribution in [0.2, 0.25) is 0 Å². The molecule has 2 rings (SSSR count). The summed E-state index contributed by atoms with van der Waals surface area (Å²) in [7, 11) is 1.88. The van der Waals surface area contributed by atoms with Crippen LogP contribution < -0.4 is 0 Å². The van der Waals surface area contributed by atoms with Crippen LogP contribution in [0.15, 0.2) is 27.1 Å². The average Bonchev–Trinajstić information content (AvgIpc) is 2.46. The van der Waals surface area contributed by atoms with Crippen LogP contribution in [0.1, 0.15) is 5.69 Å². The van der Waals surface area contributed by atoms with Crippen molar-refractivity contribution in [2.45, 2.75) is 6.92 Å². The third kappa shape index (κ3) is 1.94. The summed E-state index contributed by atoms with van der Waals surface area (Å²) in [6.07, 6.45) is 0. The van der Waals surface area contributed by atoms with E-state index in [-0.39, 0.29) is 5.82 Å². The van der Waals surface area contributed by atoms with Crippen LogP contribution in [0.25, 0.3) is 11.3 Å². The molecule has 0 bridgehead atoms. The van der Waals surface area contributed by atoms with E-state index < -0.39 is 0 Å². The molecule has 84 valence electrons. The first-order valence-corrected chi connectivity index (χ1v) is 6.24. The SMILES string of the molecule is Cc1c(Br)c(-c2ccc(F)cc2Br)nn1C. The third-order valence-electron chi connectivity index (χ3n) is 2.45. The number of hydrogen-bond acceptors (Lipinski definition) is 1. The van der Waals surface area contributed by atoms with Crippen LogP contribution >= 0.6 is 31.9 Å². The van der Waals surface area contributed by atoms with Crippen molar-refractivity contribution in [3.05, 3.63) is 38.7 Å². The highest BCUT2D eigenvalue weighted by Gasteiger charge is 2.14. The van der Waals surface area contributed by atoms with Crippen molar-refractivity contribution >= 4 is 31.9 Å². The van der Waals surface area contributed by atoms with Crippen LogP contribution in [0.4, 0.5) is 4.39 Å². The van der Waals surface area contributed by atoms with E-state index in [1.165, 1.54) is 12.1 Å². The number of aromatic nitrogens is 2. The highest BCUT2D eigenvalue weighted by atomic mass is 79.9. The molecule has 0 fully saturated rings. The predicted molar refractivity (Wildman–Crippen MR) is 68.7 cm³/mol. The van der Waals surface area contributed by atoms with Crippen molar-refractivity contribution < 1.29 is 4.39 Å². The van der Waals surface area contributed by atoms with E-state index in [2.05, 4.69) is 37.0 Å². The third-order valence-corrected chi connectivity index (χ3v) is 4.05. The van der Waals surface area contributed by atoms with Crippen molar-refractivity contribution in [3.63, 3.8) is 0 Å². The second kappa shape index (κ2) is 4.30. The Morgan fingerprint density at radius 2 is 2.00 bits per heavy atom. The van der Waals surface area contributed by atoms with Gasteiger partial charge in [0.2, 0.25) is 0 Å². The molecule has 0 unspecified atom stereocenters. The topological polar surface area (TPSA) is 17.8 Å². The zero-order valence-electron chi connectivity index (χ0n) is 8.76. The largest absolute Gasteiger partial charge is 0.271 e. The standard InChI is InChI=1S/C11H9Br2FN2/c1-6-10(13)11(15-16(6)2)8-4-3-7(14)5-9(8)12/h3-5H,1-2H3. The lowest BCUT2D eigenvalue weighted by molar-refractivity contribution is 0.627. The van der Waals surface area contributed by atoms with Gasteiger partial charge in [0.05, 0.1) is 4.47 Å². The van der Waals surface area contributed by atoms with Gasteiger partial charge >= 0.3 is 0 Å². The lowest BCUT2D eigenvalue weighted by Gasteiger charge is -2.01. The number of halogens is 3. The summed E-state index contributed by atoms with van der Waals surface area (Å²) in [6.45, 7) is 1.97. The van der Waals surface area contributed by atoms with Crippen LogP contribution in [0.5, 0.6) is 0 Å². The van der Waals surface area contributed by atoms with Gasteiger partial charge in [0.1, 0.15) is 11.5 Å². The summed E-state index contributed by atoms with van der Waals surface area (Å²) in [6, 6.07) is 4.58. The van der Waals surface area contributed by atoms with Gasteiger partial charge in [-0.2, -0.15) is 5.10 Å². The molecule has 0 aliphatic heterocycles. The molecule has 0 saturated heterocycles. The maximum atomic E-state index is 13.0. The van der Waals surface area contributed by atoms with Crippen molar-refractivity contribution in [1.29, 1.82) is 0 Å². The van der Waals surface area contributed by atoms with Crippen molar-refractivity contribution in [1.82, 2.24) is 9.78 Å². The summed E-state index contributed by atoms with van der Waals surface area (Å²) in [4.78, 5) is 0. The fourth-order valence-corrected chi connectivity index (χ4v) is 2.52. The van der Waals surface area contributed by atoms with Gasteiger partial charge in [-0.05, 0) is 57.0 Å². The number of hydrogen-bond donors (Lipinski definition) is 0. The highest BCUT2D eigenvalue weighted by molar-refractivity contribution is 9.11. The highest BCUT2D eigenvalue weighted by Crippen LogP contribution is 2.34. The second-order valence-electron chi connectivity index (χ2n) is 3.50. The van der Waals surface area contributed by atoms with Gasteiger partial charge in [0.25, 0.3) is 0 Å². The summed E-state index contributed by atoms with van der Waals surface area (Å²) >= 11 is 6.83. The quantitative estimate of drug-likeness (QED) is 0.760. The fourth-order valence-electron chi connectivity index (χ4n) is 1.44. The molecule has 0 amide bonds. The molecule has 1 heterocycles. The van der Waals surface area contributed by atoms with Crippen LogP contribution in [0.3, 0.4) is 0 Å². The monoisotopic (exact) mass is 346 g/mol. The molecule has 16 heavy (non-hydrogen) atoms. The summed E-state index contributed by atoms with van der Waals surface area (Å²) in [5.74, 6) is -0.264. The Balaban J connectivity index is 2.63. The molecular formula is C11H9Br2FN2. The normalized spacial score (nSPS) is 10.8. The second-order valence-corrected chi connectivity index (χ2v) is 5.14. The molecule has 0 aliphatic carbocycles. The van der Waals surface area contributed by atoms with Gasteiger partial charge in [0, 0.05) is 22.8 Å². The first kappa shape index (κ1) is 11.8. The molecule has 1 aromatic carbocycles. The Morgan fingerprint density at radius 1 is 1.31 bits per heavy atom. The number of rotatable bonds is 1. The van der Waals surface area contributed by atoms with Gasteiger partial charge in [-0.3, -0.25) is 4.68 Å². The first-order valence-electron chi connectivity index (χ1n) is 4.65. The lowest BCUT2D eigenvalue weighted by Crippen LogP contribution is -1.92. The predicted octanol–water partition coefficient (Wildman–Crippen LogP) is 4.06. The minimum Gasteiger partial charge on any atom is -0.271 e. The molecule has 0 spiro atoms. The number of nitrogens with zero attached hydrogens (tertiary/aromatic N) is 2. The zero-order chi connectivity index (χ0) is 11.9. The van der Waals surface area contributed by atoms with E-state index in [1.807, 2.05) is 14.0 Å². The molecule has 2 aromatic rings. The zero-order valence-corrected chi connectivity index (χ0v) is 11.9. The Bertz CT molecular complexity index is 549. The summed E-state index contributed by atoms with van der Waals surface area (Å²) in [5.41, 5.74) is 2.72. The maximum Gasteiger partial charge on any atom is 0.124 e. The molecule has 2 nitrogen and oxygen atoms in total. The Labute approximate surface area is 110 Å². The van der Waals surface area contributed by atoms with Gasteiger partial charge in [-0.1, -0.05) is 0 Å². The maximum absolute atomic E-state index is 13.0. The van der Waals surface area contributed by atoms with Crippen molar-refractivity contribution in [3.8, 4) is 11.3 Å². The average molecular weight is 348 g/mol. The molecule has 5 heteroatoms. The minimum absolute atomic E-state index is 0.264. The first-order chi connectivity index (χ1) is 7.50. The van der Waals surface area contributed by atoms with Gasteiger partial charge in [0.15, 0.2) is 0 Å². The minimum atomic E-state index is -0.264. The molecule has 0 saturated carbocycles. The van der Waals surface area contributed by atoms with E-state index in [9.17, 15) is 4.39 Å². The molecular weight excluding hydrogens is 339 g/mol. The van der Waals surface area contributed by atoms with E-state index in [4.69, 9.17) is 0 Å². The molecule has 0 radical (unpaired) electrons. The van der Waals surface area contributed by atoms with Gasteiger partial charge in [-0.15, -0.1) is 0 Å². The lowest BCUT2D eigenvalue weighted by atomic mass is 10.1. The Hall–Kier alpha value is -0.680. The Morgan fingerprint density at radius 3 is 2.50 bits per heavy atom.